The molecule has 1 aliphatic rings. The van der Waals surface area contributed by atoms with Crippen LogP contribution in [-0.4, -0.2) is 29.8 Å². The summed E-state index contributed by atoms with van der Waals surface area (Å²) in [6.45, 7) is 5.62. The van der Waals surface area contributed by atoms with Crippen LogP contribution in [0, 0.1) is 0 Å². The Morgan fingerprint density at radius 2 is 1.75 bits per heavy atom. The third kappa shape index (κ3) is 4.35. The Hall–Kier alpha value is -2.82. The molecular formula is C23H29N3O2. The Bertz CT molecular complexity index is 817. The van der Waals surface area contributed by atoms with Crippen molar-refractivity contribution in [3.05, 3.63) is 65.2 Å². The molecule has 0 radical (unpaired) electrons. The van der Waals surface area contributed by atoms with E-state index in [0.29, 0.717) is 18.7 Å². The Morgan fingerprint density at radius 3 is 2.46 bits per heavy atom. The maximum atomic E-state index is 12.7. The summed E-state index contributed by atoms with van der Waals surface area (Å²) in [7, 11) is 0. The Labute approximate surface area is 167 Å². The summed E-state index contributed by atoms with van der Waals surface area (Å²) in [6, 6.07) is 15.2. The van der Waals surface area contributed by atoms with Gasteiger partial charge in [-0.25, -0.2) is 0 Å². The molecule has 1 atom stereocenters. The van der Waals surface area contributed by atoms with E-state index in [9.17, 15) is 9.59 Å². The van der Waals surface area contributed by atoms with Crippen LogP contribution in [-0.2, 0) is 0 Å². The standard InChI is InChI=1S/C23H29N3O2/c1-3-5-8-15-24-22(27)17-11-13-18(14-12-17)25-21-19-9-6-7-10-20(19)23(28)26(21)16-4-2/h6-7,9-14,21,25H,3-5,8,15-16H2,1-2H3,(H,24,27). The number of unbranched alkanes of at least 4 members (excludes halogenated alkanes) is 2. The molecule has 0 aromatic heterocycles. The lowest BCUT2D eigenvalue weighted by molar-refractivity contribution is 0.0743. The number of benzene rings is 2. The van der Waals surface area contributed by atoms with Crippen molar-refractivity contribution in [3.63, 3.8) is 0 Å². The van der Waals surface area contributed by atoms with Gasteiger partial charge < -0.3 is 15.5 Å². The van der Waals surface area contributed by atoms with Crippen molar-refractivity contribution in [2.24, 2.45) is 0 Å². The van der Waals surface area contributed by atoms with Gasteiger partial charge in [-0.05, 0) is 43.2 Å². The number of carbonyl (C=O) groups excluding carboxylic acids is 2. The minimum absolute atomic E-state index is 0.0448. The monoisotopic (exact) mass is 379 g/mol. The van der Waals surface area contributed by atoms with Crippen molar-refractivity contribution in [2.45, 2.75) is 45.7 Å². The highest BCUT2D eigenvalue weighted by Crippen LogP contribution is 2.34. The van der Waals surface area contributed by atoms with Crippen molar-refractivity contribution in [1.82, 2.24) is 10.2 Å². The second kappa shape index (κ2) is 9.40. The summed E-state index contributed by atoms with van der Waals surface area (Å²) >= 11 is 0. The van der Waals surface area contributed by atoms with E-state index in [1.807, 2.05) is 53.4 Å². The zero-order chi connectivity index (χ0) is 19.9. The number of anilines is 1. The molecule has 1 unspecified atom stereocenters. The molecule has 1 heterocycles. The molecule has 0 saturated carbocycles. The summed E-state index contributed by atoms with van der Waals surface area (Å²) < 4.78 is 0. The van der Waals surface area contributed by atoms with Gasteiger partial charge >= 0.3 is 0 Å². The number of amides is 2. The minimum atomic E-state index is -0.183. The smallest absolute Gasteiger partial charge is 0.256 e. The van der Waals surface area contributed by atoms with E-state index in [1.165, 1.54) is 0 Å². The van der Waals surface area contributed by atoms with E-state index in [4.69, 9.17) is 0 Å². The number of nitrogens with one attached hydrogen (secondary N) is 2. The van der Waals surface area contributed by atoms with Gasteiger partial charge in [0.05, 0.1) is 0 Å². The number of hydrogen-bond donors (Lipinski definition) is 2. The maximum Gasteiger partial charge on any atom is 0.256 e. The first kappa shape index (κ1) is 19.9. The lowest BCUT2D eigenvalue weighted by Crippen LogP contribution is -2.33. The van der Waals surface area contributed by atoms with E-state index < -0.39 is 0 Å². The van der Waals surface area contributed by atoms with E-state index in [0.717, 1.165) is 42.5 Å². The molecule has 5 heteroatoms. The SMILES string of the molecule is CCCCCNC(=O)c1ccc(NC2c3ccccc3C(=O)N2CCC)cc1. The van der Waals surface area contributed by atoms with Gasteiger partial charge in [-0.1, -0.05) is 44.9 Å². The third-order valence-electron chi connectivity index (χ3n) is 5.04. The molecule has 5 nitrogen and oxygen atoms in total. The van der Waals surface area contributed by atoms with Gasteiger partial charge in [0, 0.05) is 35.5 Å². The Morgan fingerprint density at radius 1 is 1.00 bits per heavy atom. The van der Waals surface area contributed by atoms with Crippen LogP contribution < -0.4 is 10.6 Å². The average molecular weight is 380 g/mol. The van der Waals surface area contributed by atoms with Gasteiger partial charge in [0.1, 0.15) is 6.17 Å². The van der Waals surface area contributed by atoms with Gasteiger partial charge in [0.2, 0.25) is 0 Å². The van der Waals surface area contributed by atoms with Crippen LogP contribution in [0.1, 0.15) is 72.0 Å². The number of fused-ring (bicyclic) bond motifs is 1. The predicted molar refractivity (Wildman–Crippen MR) is 112 cm³/mol. The number of nitrogens with zero attached hydrogens (tertiary/aromatic N) is 1. The summed E-state index contributed by atoms with van der Waals surface area (Å²) in [5.74, 6) is 0.0229. The third-order valence-corrected chi connectivity index (χ3v) is 5.04. The van der Waals surface area contributed by atoms with Gasteiger partial charge in [-0.2, -0.15) is 0 Å². The lowest BCUT2D eigenvalue weighted by atomic mass is 10.1. The Balaban J connectivity index is 1.69. The molecular weight excluding hydrogens is 350 g/mol. The highest BCUT2D eigenvalue weighted by Gasteiger charge is 2.35. The van der Waals surface area contributed by atoms with Crippen LogP contribution in [0.15, 0.2) is 48.5 Å². The lowest BCUT2D eigenvalue weighted by Gasteiger charge is -2.26. The zero-order valence-electron chi connectivity index (χ0n) is 16.7. The molecule has 3 rings (SSSR count). The van der Waals surface area contributed by atoms with Crippen molar-refractivity contribution < 1.29 is 9.59 Å². The van der Waals surface area contributed by atoms with Crippen LogP contribution in [0.25, 0.3) is 0 Å². The molecule has 0 bridgehead atoms. The van der Waals surface area contributed by atoms with E-state index >= 15 is 0 Å². The molecule has 2 aromatic carbocycles. The number of carbonyl (C=O) groups is 2. The van der Waals surface area contributed by atoms with Crippen molar-refractivity contribution >= 4 is 17.5 Å². The highest BCUT2D eigenvalue weighted by atomic mass is 16.2. The van der Waals surface area contributed by atoms with Gasteiger partial charge in [-0.3, -0.25) is 9.59 Å². The molecule has 2 amide bonds. The largest absolute Gasteiger partial charge is 0.361 e. The fraction of sp³-hybridized carbons (Fsp3) is 0.391. The van der Waals surface area contributed by atoms with Crippen LogP contribution >= 0.6 is 0 Å². The van der Waals surface area contributed by atoms with Crippen molar-refractivity contribution in [3.8, 4) is 0 Å². The van der Waals surface area contributed by atoms with Gasteiger partial charge in [0.25, 0.3) is 11.8 Å². The second-order valence-corrected chi connectivity index (χ2v) is 7.17. The minimum Gasteiger partial charge on any atom is -0.361 e. The van der Waals surface area contributed by atoms with Crippen LogP contribution in [0.2, 0.25) is 0 Å². The normalized spacial score (nSPS) is 15.4. The number of rotatable bonds is 9. The molecule has 2 aromatic rings. The quantitative estimate of drug-likeness (QED) is 0.627. The van der Waals surface area contributed by atoms with Crippen molar-refractivity contribution in [1.29, 1.82) is 0 Å². The molecule has 0 saturated heterocycles. The van der Waals surface area contributed by atoms with E-state index in [2.05, 4.69) is 24.5 Å². The number of hydrogen-bond acceptors (Lipinski definition) is 3. The molecule has 0 aliphatic carbocycles. The van der Waals surface area contributed by atoms with E-state index in [1.54, 1.807) is 0 Å². The fourth-order valence-corrected chi connectivity index (χ4v) is 3.55. The first-order chi connectivity index (χ1) is 13.7. The topological polar surface area (TPSA) is 61.4 Å². The molecule has 2 N–H and O–H groups in total. The molecule has 1 aliphatic heterocycles. The highest BCUT2D eigenvalue weighted by molar-refractivity contribution is 5.99. The van der Waals surface area contributed by atoms with Gasteiger partial charge in [0.15, 0.2) is 0 Å². The molecule has 0 fully saturated rings. The molecule has 0 spiro atoms. The zero-order valence-corrected chi connectivity index (χ0v) is 16.7. The predicted octanol–water partition coefficient (Wildman–Crippen LogP) is 4.58. The summed E-state index contributed by atoms with van der Waals surface area (Å²) in [6.07, 6.45) is 3.98. The summed E-state index contributed by atoms with van der Waals surface area (Å²) in [4.78, 5) is 26.8. The second-order valence-electron chi connectivity index (χ2n) is 7.17. The first-order valence-electron chi connectivity index (χ1n) is 10.2. The Kier molecular flexibility index (Phi) is 6.69. The molecule has 148 valence electrons. The maximum absolute atomic E-state index is 12.7. The first-order valence-corrected chi connectivity index (χ1v) is 10.2. The fourth-order valence-electron chi connectivity index (χ4n) is 3.55. The van der Waals surface area contributed by atoms with Crippen LogP contribution in [0.3, 0.4) is 0 Å². The summed E-state index contributed by atoms with van der Waals surface area (Å²) in [5.41, 5.74) is 3.30. The van der Waals surface area contributed by atoms with Crippen LogP contribution in [0.4, 0.5) is 5.69 Å². The van der Waals surface area contributed by atoms with Crippen LogP contribution in [0.5, 0.6) is 0 Å². The van der Waals surface area contributed by atoms with Crippen molar-refractivity contribution in [2.75, 3.05) is 18.4 Å². The van der Waals surface area contributed by atoms with Gasteiger partial charge in [-0.15, -0.1) is 0 Å². The summed E-state index contributed by atoms with van der Waals surface area (Å²) in [5, 5.41) is 6.42. The molecule has 28 heavy (non-hydrogen) atoms. The van der Waals surface area contributed by atoms with E-state index in [-0.39, 0.29) is 18.0 Å². The average Bonchev–Trinajstić information content (AvgIpc) is 2.98.